The number of piperidine rings is 1. The number of ether oxygens (including phenoxy) is 1. The summed E-state index contributed by atoms with van der Waals surface area (Å²) in [7, 11) is 1.69. The molecule has 0 radical (unpaired) electrons. The number of anilines is 1. The van der Waals surface area contributed by atoms with Crippen LogP contribution in [0.25, 0.3) is 10.2 Å². The van der Waals surface area contributed by atoms with E-state index >= 15 is 0 Å². The summed E-state index contributed by atoms with van der Waals surface area (Å²) in [5.74, 6) is 0.890. The Labute approximate surface area is 123 Å². The second kappa shape index (κ2) is 6.41. The lowest BCUT2D eigenvalue weighted by Crippen LogP contribution is -2.33. The van der Waals surface area contributed by atoms with Crippen molar-refractivity contribution in [1.82, 2.24) is 9.88 Å². The van der Waals surface area contributed by atoms with Crippen molar-refractivity contribution in [3.8, 4) is 5.75 Å². The van der Waals surface area contributed by atoms with E-state index in [2.05, 4.69) is 15.2 Å². The highest BCUT2D eigenvalue weighted by molar-refractivity contribution is 7.22. The van der Waals surface area contributed by atoms with Crippen LogP contribution in [0.2, 0.25) is 0 Å². The maximum atomic E-state index is 5.24. The third kappa shape index (κ3) is 3.22. The van der Waals surface area contributed by atoms with E-state index in [1.807, 2.05) is 18.2 Å². The van der Waals surface area contributed by atoms with Crippen molar-refractivity contribution in [2.75, 3.05) is 38.6 Å². The highest BCUT2D eigenvalue weighted by atomic mass is 32.1. The number of rotatable bonds is 5. The zero-order valence-electron chi connectivity index (χ0n) is 11.9. The largest absolute Gasteiger partial charge is 0.497 e. The molecule has 20 heavy (non-hydrogen) atoms. The van der Waals surface area contributed by atoms with E-state index in [-0.39, 0.29) is 0 Å². The van der Waals surface area contributed by atoms with Crippen molar-refractivity contribution in [2.45, 2.75) is 19.3 Å². The van der Waals surface area contributed by atoms with Gasteiger partial charge in [0, 0.05) is 13.1 Å². The van der Waals surface area contributed by atoms with Gasteiger partial charge in [0.2, 0.25) is 0 Å². The van der Waals surface area contributed by atoms with Crippen molar-refractivity contribution in [2.24, 2.45) is 0 Å². The molecule has 4 nitrogen and oxygen atoms in total. The molecule has 0 amide bonds. The molecule has 0 atom stereocenters. The topological polar surface area (TPSA) is 37.4 Å². The van der Waals surface area contributed by atoms with Gasteiger partial charge >= 0.3 is 0 Å². The number of aromatic nitrogens is 1. The SMILES string of the molecule is COc1ccc2nc(NCCN3CCCCC3)sc2c1. The molecule has 5 heteroatoms. The standard InChI is InChI=1S/C15H21N3OS/c1-19-12-5-6-13-14(11-12)20-15(17-13)16-7-10-18-8-3-2-4-9-18/h5-6,11H,2-4,7-10H2,1H3,(H,16,17). The van der Waals surface area contributed by atoms with Gasteiger partial charge in [-0.15, -0.1) is 0 Å². The Kier molecular flexibility index (Phi) is 4.38. The summed E-state index contributed by atoms with van der Waals surface area (Å²) in [6.07, 6.45) is 4.09. The molecule has 1 aromatic heterocycles. The monoisotopic (exact) mass is 291 g/mol. The van der Waals surface area contributed by atoms with Crippen LogP contribution in [0.4, 0.5) is 5.13 Å². The Balaban J connectivity index is 1.57. The summed E-state index contributed by atoms with van der Waals surface area (Å²) in [4.78, 5) is 7.14. The molecule has 1 saturated heterocycles. The Morgan fingerprint density at radius 2 is 2.15 bits per heavy atom. The second-order valence-corrected chi connectivity index (χ2v) is 6.21. The number of hydrogen-bond donors (Lipinski definition) is 1. The summed E-state index contributed by atoms with van der Waals surface area (Å²) >= 11 is 1.69. The number of hydrogen-bond acceptors (Lipinski definition) is 5. The average molecular weight is 291 g/mol. The van der Waals surface area contributed by atoms with Crippen LogP contribution in [0.1, 0.15) is 19.3 Å². The van der Waals surface area contributed by atoms with Crippen LogP contribution in [0.3, 0.4) is 0 Å². The van der Waals surface area contributed by atoms with Gasteiger partial charge in [-0.3, -0.25) is 0 Å². The first kappa shape index (κ1) is 13.6. The molecule has 1 aliphatic rings. The molecule has 108 valence electrons. The van der Waals surface area contributed by atoms with Gasteiger partial charge in [0.15, 0.2) is 5.13 Å². The van der Waals surface area contributed by atoms with E-state index in [9.17, 15) is 0 Å². The molecule has 2 heterocycles. The molecule has 1 fully saturated rings. The van der Waals surface area contributed by atoms with E-state index in [4.69, 9.17) is 4.74 Å². The third-order valence-corrected chi connectivity index (χ3v) is 4.72. The smallest absolute Gasteiger partial charge is 0.183 e. The lowest BCUT2D eigenvalue weighted by molar-refractivity contribution is 0.237. The van der Waals surface area contributed by atoms with Gasteiger partial charge in [-0.05, 0) is 44.1 Å². The van der Waals surface area contributed by atoms with Crippen molar-refractivity contribution in [1.29, 1.82) is 0 Å². The Morgan fingerprint density at radius 1 is 1.30 bits per heavy atom. The Morgan fingerprint density at radius 3 is 2.95 bits per heavy atom. The first-order valence-electron chi connectivity index (χ1n) is 7.26. The van der Waals surface area contributed by atoms with Gasteiger partial charge in [0.05, 0.1) is 17.3 Å². The van der Waals surface area contributed by atoms with Crippen LogP contribution in [-0.4, -0.2) is 43.2 Å². The van der Waals surface area contributed by atoms with E-state index in [0.29, 0.717) is 0 Å². The Hall–Kier alpha value is -1.33. The number of benzene rings is 1. The maximum Gasteiger partial charge on any atom is 0.183 e. The molecule has 0 spiro atoms. The number of nitrogens with zero attached hydrogens (tertiary/aromatic N) is 2. The van der Waals surface area contributed by atoms with Crippen molar-refractivity contribution >= 4 is 26.7 Å². The van der Waals surface area contributed by atoms with Crippen molar-refractivity contribution < 1.29 is 4.74 Å². The van der Waals surface area contributed by atoms with Crippen LogP contribution in [0.5, 0.6) is 5.75 Å². The molecular formula is C15H21N3OS. The van der Waals surface area contributed by atoms with Crippen LogP contribution in [0.15, 0.2) is 18.2 Å². The summed E-state index contributed by atoms with van der Waals surface area (Å²) in [5, 5.41) is 4.45. The number of likely N-dealkylation sites (tertiary alicyclic amines) is 1. The molecular weight excluding hydrogens is 270 g/mol. The quantitative estimate of drug-likeness (QED) is 0.918. The highest BCUT2D eigenvalue weighted by Gasteiger charge is 2.10. The zero-order valence-corrected chi connectivity index (χ0v) is 12.7. The fraction of sp³-hybridized carbons (Fsp3) is 0.533. The first-order chi connectivity index (χ1) is 9.85. The minimum atomic E-state index is 0.890. The van der Waals surface area contributed by atoms with Gasteiger partial charge < -0.3 is 15.0 Å². The van der Waals surface area contributed by atoms with Crippen molar-refractivity contribution in [3.63, 3.8) is 0 Å². The summed E-state index contributed by atoms with van der Waals surface area (Å²) in [6.45, 7) is 4.58. The van der Waals surface area contributed by atoms with Crippen molar-refractivity contribution in [3.05, 3.63) is 18.2 Å². The average Bonchev–Trinajstić information content (AvgIpc) is 2.90. The Bertz CT molecular complexity index is 563. The van der Waals surface area contributed by atoms with E-state index in [0.717, 1.165) is 29.5 Å². The normalized spacial score (nSPS) is 16.4. The maximum absolute atomic E-state index is 5.24. The predicted octanol–water partition coefficient (Wildman–Crippen LogP) is 3.20. The van der Waals surface area contributed by atoms with E-state index in [1.165, 1.54) is 37.1 Å². The fourth-order valence-electron chi connectivity index (χ4n) is 2.61. The number of nitrogens with one attached hydrogen (secondary N) is 1. The second-order valence-electron chi connectivity index (χ2n) is 5.18. The molecule has 3 rings (SSSR count). The minimum absolute atomic E-state index is 0.890. The van der Waals surface area contributed by atoms with Gasteiger partial charge in [-0.25, -0.2) is 4.98 Å². The highest BCUT2D eigenvalue weighted by Crippen LogP contribution is 2.28. The number of methoxy groups -OCH3 is 1. The van der Waals surface area contributed by atoms with Gasteiger partial charge in [-0.1, -0.05) is 17.8 Å². The number of fused-ring (bicyclic) bond motifs is 1. The summed E-state index contributed by atoms with van der Waals surface area (Å²) < 4.78 is 6.41. The molecule has 0 aliphatic carbocycles. The van der Waals surface area contributed by atoms with Crippen LogP contribution in [-0.2, 0) is 0 Å². The molecule has 2 aromatic rings. The number of thiazole rings is 1. The first-order valence-corrected chi connectivity index (χ1v) is 8.07. The summed E-state index contributed by atoms with van der Waals surface area (Å²) in [5.41, 5.74) is 1.04. The molecule has 0 bridgehead atoms. The van der Waals surface area contributed by atoms with E-state index in [1.54, 1.807) is 18.4 Å². The zero-order chi connectivity index (χ0) is 13.8. The van der Waals surface area contributed by atoms with Gasteiger partial charge in [0.1, 0.15) is 5.75 Å². The lowest BCUT2D eigenvalue weighted by Gasteiger charge is -2.26. The third-order valence-electron chi connectivity index (χ3n) is 3.75. The van der Waals surface area contributed by atoms with Crippen LogP contribution < -0.4 is 10.1 Å². The van der Waals surface area contributed by atoms with Gasteiger partial charge in [-0.2, -0.15) is 0 Å². The van der Waals surface area contributed by atoms with Crippen LogP contribution >= 0.6 is 11.3 Å². The van der Waals surface area contributed by atoms with E-state index < -0.39 is 0 Å². The summed E-state index contributed by atoms with van der Waals surface area (Å²) in [6, 6.07) is 6.02. The molecule has 0 unspecified atom stereocenters. The predicted molar refractivity (Wildman–Crippen MR) is 85.0 cm³/mol. The molecule has 1 aromatic carbocycles. The minimum Gasteiger partial charge on any atom is -0.497 e. The lowest BCUT2D eigenvalue weighted by atomic mass is 10.1. The molecule has 1 N–H and O–H groups in total. The fourth-order valence-corrected chi connectivity index (χ4v) is 3.53. The molecule has 0 saturated carbocycles. The van der Waals surface area contributed by atoms with Crippen LogP contribution in [0, 0.1) is 0 Å². The molecule has 1 aliphatic heterocycles. The van der Waals surface area contributed by atoms with Gasteiger partial charge in [0.25, 0.3) is 0 Å².